The molecule has 2 saturated heterocycles. The summed E-state index contributed by atoms with van der Waals surface area (Å²) in [4.78, 5) is 17.5. The summed E-state index contributed by atoms with van der Waals surface area (Å²) >= 11 is 0. The molecule has 1 N–H and O–H groups in total. The highest BCUT2D eigenvalue weighted by molar-refractivity contribution is 5.96. The van der Waals surface area contributed by atoms with Crippen molar-refractivity contribution >= 4 is 24.2 Å². The first-order chi connectivity index (χ1) is 14.2. The Bertz CT molecular complexity index is 793. The number of guanidine groups is 1. The van der Waals surface area contributed by atoms with Gasteiger partial charge in [-0.15, -0.1) is 6.58 Å². The van der Waals surface area contributed by atoms with Gasteiger partial charge in [0.1, 0.15) is 0 Å². The number of piperazine rings is 1. The Balaban J connectivity index is 1.65. The van der Waals surface area contributed by atoms with E-state index >= 15 is 0 Å². The molecule has 0 radical (unpaired) electrons. The fourth-order valence-corrected chi connectivity index (χ4v) is 3.24. The predicted octanol–water partition coefficient (Wildman–Crippen LogP) is 1.41. The summed E-state index contributed by atoms with van der Waals surface area (Å²) < 4.78 is 10.9. The van der Waals surface area contributed by atoms with E-state index in [1.54, 1.807) is 19.4 Å². The van der Waals surface area contributed by atoms with Gasteiger partial charge in [0.05, 0.1) is 56.8 Å². The van der Waals surface area contributed by atoms with Gasteiger partial charge in [0, 0.05) is 32.2 Å². The van der Waals surface area contributed by atoms with Gasteiger partial charge in [-0.3, -0.25) is 4.90 Å². The van der Waals surface area contributed by atoms with E-state index in [9.17, 15) is 0 Å². The van der Waals surface area contributed by atoms with Crippen molar-refractivity contribution in [3.63, 3.8) is 0 Å². The number of nitrogens with zero attached hydrogens (tertiary/aromatic N) is 6. The average molecular weight is 397 g/mol. The number of hydrogen-bond acceptors (Lipinski definition) is 7. The number of nitriles is 1. The number of aliphatic imine (C=N–C) groups is 2. The minimum absolute atomic E-state index is 0.264. The highest BCUT2D eigenvalue weighted by Crippen LogP contribution is 2.29. The predicted molar refractivity (Wildman–Crippen MR) is 114 cm³/mol. The van der Waals surface area contributed by atoms with Crippen LogP contribution in [0.4, 0.5) is 11.5 Å². The summed E-state index contributed by atoms with van der Waals surface area (Å²) in [5.74, 6) is 1.46. The Kier molecular flexibility index (Phi) is 7.16. The summed E-state index contributed by atoms with van der Waals surface area (Å²) in [6.45, 7) is 12.8. The van der Waals surface area contributed by atoms with Gasteiger partial charge < -0.3 is 19.7 Å². The summed E-state index contributed by atoms with van der Waals surface area (Å²) in [5.41, 5.74) is 0.689. The lowest BCUT2D eigenvalue weighted by Crippen LogP contribution is -2.56. The van der Waals surface area contributed by atoms with Crippen LogP contribution in [0.3, 0.4) is 0 Å². The number of pyridine rings is 1. The summed E-state index contributed by atoms with van der Waals surface area (Å²) in [6, 6.07) is 4.54. The zero-order valence-corrected chi connectivity index (χ0v) is 16.8. The van der Waals surface area contributed by atoms with Crippen molar-refractivity contribution < 1.29 is 9.47 Å². The van der Waals surface area contributed by atoms with E-state index in [0.717, 1.165) is 45.2 Å². The SMILES string of the molecule is C=CC(C#N)C/N=C(\N=C)Nc1cnc(N2CCN(C3COC3)CC2)c(OC)c1. The van der Waals surface area contributed by atoms with Gasteiger partial charge in [-0.1, -0.05) is 6.08 Å². The molecule has 9 nitrogen and oxygen atoms in total. The molecule has 1 aromatic heterocycles. The maximum atomic E-state index is 8.99. The molecule has 3 heterocycles. The van der Waals surface area contributed by atoms with Crippen molar-refractivity contribution in [3.8, 4) is 11.8 Å². The van der Waals surface area contributed by atoms with Crippen LogP contribution in [0.1, 0.15) is 0 Å². The highest BCUT2D eigenvalue weighted by Gasteiger charge is 2.30. The zero-order valence-electron chi connectivity index (χ0n) is 16.8. The van der Waals surface area contributed by atoms with Crippen LogP contribution in [-0.4, -0.2) is 81.7 Å². The van der Waals surface area contributed by atoms with E-state index < -0.39 is 0 Å². The smallest absolute Gasteiger partial charge is 0.221 e. The molecular weight excluding hydrogens is 370 g/mol. The average Bonchev–Trinajstić information content (AvgIpc) is 2.72. The van der Waals surface area contributed by atoms with E-state index in [-0.39, 0.29) is 12.5 Å². The monoisotopic (exact) mass is 397 g/mol. The third-order valence-corrected chi connectivity index (χ3v) is 5.10. The third kappa shape index (κ3) is 5.10. The maximum absolute atomic E-state index is 8.99. The van der Waals surface area contributed by atoms with Crippen LogP contribution >= 0.6 is 0 Å². The second kappa shape index (κ2) is 10.0. The van der Waals surface area contributed by atoms with Crippen LogP contribution in [0.5, 0.6) is 5.75 Å². The quantitative estimate of drug-likeness (QED) is 0.422. The topological polar surface area (TPSA) is 98.4 Å². The van der Waals surface area contributed by atoms with Gasteiger partial charge in [-0.05, 0) is 6.72 Å². The number of rotatable bonds is 7. The number of aromatic nitrogens is 1. The third-order valence-electron chi connectivity index (χ3n) is 5.10. The van der Waals surface area contributed by atoms with Crippen LogP contribution in [0.2, 0.25) is 0 Å². The summed E-state index contributed by atoms with van der Waals surface area (Å²) in [6.07, 6.45) is 3.28. The fourth-order valence-electron chi connectivity index (χ4n) is 3.24. The zero-order chi connectivity index (χ0) is 20.6. The minimum atomic E-state index is -0.367. The second-order valence-electron chi connectivity index (χ2n) is 6.88. The van der Waals surface area contributed by atoms with Crippen LogP contribution in [0.25, 0.3) is 0 Å². The van der Waals surface area contributed by atoms with Gasteiger partial charge in [0.2, 0.25) is 5.96 Å². The Morgan fingerprint density at radius 2 is 2.24 bits per heavy atom. The molecule has 0 aromatic carbocycles. The lowest BCUT2D eigenvalue weighted by atomic mass is 10.2. The molecule has 29 heavy (non-hydrogen) atoms. The van der Waals surface area contributed by atoms with Crippen molar-refractivity contribution in [3.05, 3.63) is 24.9 Å². The Morgan fingerprint density at radius 3 is 2.79 bits per heavy atom. The van der Waals surface area contributed by atoms with E-state index in [0.29, 0.717) is 23.4 Å². The van der Waals surface area contributed by atoms with Gasteiger partial charge in [-0.25, -0.2) is 15.0 Å². The lowest BCUT2D eigenvalue weighted by Gasteiger charge is -2.43. The summed E-state index contributed by atoms with van der Waals surface area (Å²) in [5, 5.41) is 12.1. The molecule has 0 bridgehead atoms. The van der Waals surface area contributed by atoms with Gasteiger partial charge in [0.15, 0.2) is 11.6 Å². The lowest BCUT2D eigenvalue weighted by molar-refractivity contribution is -0.0661. The molecule has 2 fully saturated rings. The summed E-state index contributed by atoms with van der Waals surface area (Å²) in [7, 11) is 1.63. The molecule has 2 aliphatic rings. The van der Waals surface area contributed by atoms with Crippen molar-refractivity contribution in [2.45, 2.75) is 6.04 Å². The molecule has 0 spiro atoms. The van der Waals surface area contributed by atoms with Gasteiger partial charge in [0.25, 0.3) is 0 Å². The van der Waals surface area contributed by atoms with Crippen LogP contribution in [-0.2, 0) is 4.74 Å². The van der Waals surface area contributed by atoms with Crippen molar-refractivity contribution in [2.75, 3.05) is 63.3 Å². The maximum Gasteiger partial charge on any atom is 0.221 e. The molecule has 154 valence electrons. The minimum Gasteiger partial charge on any atom is -0.493 e. The molecule has 1 aromatic rings. The first-order valence-corrected chi connectivity index (χ1v) is 9.59. The highest BCUT2D eigenvalue weighted by atomic mass is 16.5. The molecule has 2 aliphatic heterocycles. The van der Waals surface area contributed by atoms with Crippen LogP contribution in [0, 0.1) is 17.2 Å². The standard InChI is InChI=1S/C20H27N7O2/c1-4-15(10-21)11-24-20(22-2)25-16-9-18(28-3)19(23-12-16)27-7-5-26(6-8-27)17-13-29-14-17/h4,9,12,15,17H,1-2,5-8,11,13-14H2,3H3,(H,24,25). The number of ether oxygens (including phenoxy) is 2. The number of anilines is 2. The van der Waals surface area contributed by atoms with E-state index in [1.165, 1.54) is 0 Å². The number of hydrogen-bond donors (Lipinski definition) is 1. The Labute approximate surface area is 171 Å². The molecule has 9 heteroatoms. The normalized spacial score (nSPS) is 19.0. The van der Waals surface area contributed by atoms with E-state index in [1.807, 2.05) is 6.07 Å². The molecule has 0 amide bonds. The molecule has 1 atom stereocenters. The first-order valence-electron chi connectivity index (χ1n) is 9.59. The van der Waals surface area contributed by atoms with Crippen LogP contribution < -0.4 is 15.0 Å². The van der Waals surface area contributed by atoms with Crippen LogP contribution in [0.15, 0.2) is 34.9 Å². The van der Waals surface area contributed by atoms with E-state index in [2.05, 4.69) is 49.5 Å². The number of methoxy groups -OCH3 is 1. The Hall–Kier alpha value is -2.96. The van der Waals surface area contributed by atoms with Gasteiger partial charge >= 0.3 is 0 Å². The molecule has 3 rings (SSSR count). The van der Waals surface area contributed by atoms with Gasteiger partial charge in [-0.2, -0.15) is 5.26 Å². The Morgan fingerprint density at radius 1 is 1.48 bits per heavy atom. The molecule has 0 saturated carbocycles. The van der Waals surface area contributed by atoms with Crippen molar-refractivity contribution in [1.29, 1.82) is 5.26 Å². The molecular formula is C20H27N7O2. The molecule has 1 unspecified atom stereocenters. The van der Waals surface area contributed by atoms with Crippen molar-refractivity contribution in [1.82, 2.24) is 9.88 Å². The molecule has 0 aliphatic carbocycles. The fraction of sp³-hybridized carbons (Fsp3) is 0.500. The van der Waals surface area contributed by atoms with E-state index in [4.69, 9.17) is 14.7 Å². The second-order valence-corrected chi connectivity index (χ2v) is 6.88. The largest absolute Gasteiger partial charge is 0.493 e. The first kappa shape index (κ1) is 20.8. The van der Waals surface area contributed by atoms with Crippen molar-refractivity contribution in [2.24, 2.45) is 15.9 Å². The number of nitrogens with one attached hydrogen (secondary N) is 1.